The molecule has 0 heterocycles. The summed E-state index contributed by atoms with van der Waals surface area (Å²) < 4.78 is 0. The highest BCUT2D eigenvalue weighted by atomic mass is 16.1. The van der Waals surface area contributed by atoms with Gasteiger partial charge in [0.1, 0.15) is 5.78 Å². The van der Waals surface area contributed by atoms with Crippen LogP contribution in [0.1, 0.15) is 249 Å². The van der Waals surface area contributed by atoms with Crippen molar-refractivity contribution in [2.45, 2.75) is 249 Å². The quantitative estimate of drug-likeness (QED) is 0.299. The second-order valence-electron chi connectivity index (χ2n) is 9.24. The van der Waals surface area contributed by atoms with Gasteiger partial charge in [0.25, 0.3) is 0 Å². The van der Waals surface area contributed by atoms with Crippen molar-refractivity contribution in [1.82, 2.24) is 0 Å². The number of carbonyl (C=O) groups excluding carboxylic acids is 1. The highest BCUT2D eigenvalue weighted by molar-refractivity contribution is 5.79. The van der Waals surface area contributed by atoms with Gasteiger partial charge in [-0.25, -0.2) is 0 Å². The molecule has 0 fully saturated rings. The Hall–Kier alpha value is -0.330. The standard InChI is InChI=1S/C6H12O.C5H12.4C4H10.4C2H6.6CH4/c1-4-6(7)5(2)3;1-4-5(2)3;2*1-4(2)3;2*1-3-4-2;4*1-2;;;;;;/h5H,4H2,1-3H3;5H,4H2,1-3H3;2*4H,1-3H3;2*3-4H2,1-2H3;4*1-2H3;6*1H4. The van der Waals surface area contributed by atoms with Gasteiger partial charge in [-0.05, 0) is 17.8 Å². The third-order valence-electron chi connectivity index (χ3n) is 2.81. The van der Waals surface area contributed by atoms with Crippen molar-refractivity contribution in [2.75, 3.05) is 0 Å². The molecule has 0 aliphatic carbocycles. The summed E-state index contributed by atoms with van der Waals surface area (Å²) in [6.07, 6.45) is 7.26. The average Bonchev–Trinajstić information content (AvgIpc) is 2.88. The molecular weight excluding hydrogens is 508 g/mol. The van der Waals surface area contributed by atoms with Gasteiger partial charge in [0.05, 0.1) is 0 Å². The molecule has 0 aromatic carbocycles. The van der Waals surface area contributed by atoms with Crippen LogP contribution in [-0.2, 0) is 4.79 Å². The van der Waals surface area contributed by atoms with Gasteiger partial charge in [0.2, 0.25) is 0 Å². The Balaban J connectivity index is -0.0000000129. The fourth-order valence-corrected chi connectivity index (χ4v) is 0.408. The van der Waals surface area contributed by atoms with Crippen molar-refractivity contribution < 1.29 is 4.79 Å². The van der Waals surface area contributed by atoms with E-state index in [1.54, 1.807) is 0 Å². The first kappa shape index (κ1) is 105. The molecule has 0 spiro atoms. The van der Waals surface area contributed by atoms with E-state index in [0.717, 1.165) is 17.8 Å². The molecule has 0 N–H and O–H groups in total. The number of carbonyl (C=O) groups is 1. The Bertz CT molecular complexity index is 195. The predicted molar refractivity (Wildman–Crippen MR) is 223 cm³/mol. The zero-order valence-corrected chi connectivity index (χ0v) is 31.5. The molecule has 1 heteroatoms. The van der Waals surface area contributed by atoms with Gasteiger partial charge >= 0.3 is 0 Å². The largest absolute Gasteiger partial charge is 0.299 e. The molecular formula is C41H112O. The van der Waals surface area contributed by atoms with Gasteiger partial charge in [-0.2, -0.15) is 0 Å². The van der Waals surface area contributed by atoms with Crippen LogP contribution in [0, 0.1) is 23.7 Å². The maximum atomic E-state index is 10.5. The average molecular weight is 621 g/mol. The molecule has 0 aromatic rings. The van der Waals surface area contributed by atoms with E-state index >= 15 is 0 Å². The third-order valence-corrected chi connectivity index (χ3v) is 2.81. The van der Waals surface area contributed by atoms with Crippen molar-refractivity contribution in [1.29, 1.82) is 0 Å². The summed E-state index contributed by atoms with van der Waals surface area (Å²) >= 11 is 0. The van der Waals surface area contributed by atoms with Crippen LogP contribution in [-0.4, -0.2) is 5.78 Å². The fourth-order valence-electron chi connectivity index (χ4n) is 0.408. The summed E-state index contributed by atoms with van der Waals surface area (Å²) in [5, 5.41) is 0. The van der Waals surface area contributed by atoms with Crippen molar-refractivity contribution in [2.24, 2.45) is 23.7 Å². The molecule has 0 saturated carbocycles. The highest BCUT2D eigenvalue weighted by Gasteiger charge is 2.00. The first-order valence-corrected chi connectivity index (χ1v) is 16.3. The normalized spacial score (nSPS) is 6.48. The Morgan fingerprint density at radius 1 is 0.405 bits per heavy atom. The smallest absolute Gasteiger partial charge is 0.135 e. The lowest BCUT2D eigenvalue weighted by Crippen LogP contribution is -2.03. The molecule has 0 unspecified atom stereocenters. The van der Waals surface area contributed by atoms with E-state index in [1.807, 2.05) is 76.2 Å². The lowest BCUT2D eigenvalue weighted by Gasteiger charge is -1.96. The van der Waals surface area contributed by atoms with Crippen molar-refractivity contribution in [3.05, 3.63) is 0 Å². The van der Waals surface area contributed by atoms with Gasteiger partial charge in [0.15, 0.2) is 0 Å². The lowest BCUT2D eigenvalue weighted by molar-refractivity contribution is -0.121. The Labute approximate surface area is 283 Å². The number of rotatable bonds is 5. The molecule has 0 radical (unpaired) electrons. The van der Waals surface area contributed by atoms with Crippen LogP contribution >= 0.6 is 0 Å². The predicted octanol–water partition coefficient (Wildman–Crippen LogP) is 18.5. The summed E-state index contributed by atoms with van der Waals surface area (Å²) in [5.41, 5.74) is 0. The van der Waals surface area contributed by atoms with E-state index in [9.17, 15) is 4.79 Å². The van der Waals surface area contributed by atoms with Gasteiger partial charge in [0, 0.05) is 12.3 Å². The van der Waals surface area contributed by atoms with Gasteiger partial charge in [-0.15, -0.1) is 0 Å². The first-order valence-electron chi connectivity index (χ1n) is 16.3. The van der Waals surface area contributed by atoms with E-state index in [-0.39, 0.29) is 50.5 Å². The van der Waals surface area contributed by atoms with Crippen molar-refractivity contribution in [3.8, 4) is 0 Å². The minimum Gasteiger partial charge on any atom is -0.299 e. The summed E-state index contributed by atoms with van der Waals surface area (Å²) in [6, 6.07) is 0. The molecule has 0 rings (SSSR count). The van der Waals surface area contributed by atoms with Crippen LogP contribution in [0.3, 0.4) is 0 Å². The number of hydrogen-bond donors (Lipinski definition) is 0. The zero-order valence-electron chi connectivity index (χ0n) is 31.5. The monoisotopic (exact) mass is 621 g/mol. The number of ketones is 1. The maximum Gasteiger partial charge on any atom is 0.135 e. The van der Waals surface area contributed by atoms with E-state index in [2.05, 4.69) is 90.0 Å². The molecule has 0 amide bonds. The summed E-state index contributed by atoms with van der Waals surface area (Å²) in [6.45, 7) is 50.1. The molecule has 0 aliphatic rings. The van der Waals surface area contributed by atoms with E-state index in [4.69, 9.17) is 0 Å². The van der Waals surface area contributed by atoms with Crippen molar-refractivity contribution >= 4 is 5.78 Å². The van der Waals surface area contributed by atoms with Gasteiger partial charge in [-0.1, -0.05) is 243 Å². The third kappa shape index (κ3) is 634. The van der Waals surface area contributed by atoms with Crippen LogP contribution in [0.5, 0.6) is 0 Å². The Morgan fingerprint density at radius 2 is 0.524 bits per heavy atom. The molecule has 0 atom stereocenters. The summed E-state index contributed by atoms with van der Waals surface area (Å²) in [4.78, 5) is 10.5. The number of unbranched alkanes of at least 4 members (excludes halogenated alkanes) is 2. The second kappa shape index (κ2) is 150. The molecule has 0 aliphatic heterocycles. The highest BCUT2D eigenvalue weighted by Crippen LogP contribution is 1.95. The second-order valence-corrected chi connectivity index (χ2v) is 9.24. The Morgan fingerprint density at radius 3 is 0.524 bits per heavy atom. The number of Topliss-reactive ketones (excluding diaryl/α,β-unsaturated/α-hetero) is 1. The SMILES string of the molecule is C.C.C.C.C.C.CC.CC.CC.CC.CC(C)C.CC(C)C.CCC(=O)C(C)C.CCC(C)C.CCCC.CCCC. The molecule has 0 aromatic heterocycles. The fraction of sp³-hybridized carbons (Fsp3) is 0.976. The van der Waals surface area contributed by atoms with Crippen LogP contribution < -0.4 is 0 Å². The van der Waals surface area contributed by atoms with E-state index < -0.39 is 0 Å². The molecule has 282 valence electrons. The summed E-state index contributed by atoms with van der Waals surface area (Å²) in [5.74, 6) is 3.12. The minimum absolute atomic E-state index is 0. The van der Waals surface area contributed by atoms with Gasteiger partial charge < -0.3 is 0 Å². The van der Waals surface area contributed by atoms with Crippen LogP contribution in [0.25, 0.3) is 0 Å². The topological polar surface area (TPSA) is 17.1 Å². The van der Waals surface area contributed by atoms with E-state index in [0.29, 0.717) is 12.2 Å². The van der Waals surface area contributed by atoms with Crippen LogP contribution in [0.2, 0.25) is 0 Å². The summed E-state index contributed by atoms with van der Waals surface area (Å²) in [7, 11) is 0. The zero-order chi connectivity index (χ0) is 32.1. The first-order chi connectivity index (χ1) is 16.7. The van der Waals surface area contributed by atoms with E-state index in [1.165, 1.54) is 32.1 Å². The van der Waals surface area contributed by atoms with Crippen LogP contribution in [0.4, 0.5) is 0 Å². The Kier molecular flexibility index (Phi) is 373. The van der Waals surface area contributed by atoms with Crippen LogP contribution in [0.15, 0.2) is 0 Å². The van der Waals surface area contributed by atoms with Crippen molar-refractivity contribution in [3.63, 3.8) is 0 Å². The molecule has 42 heavy (non-hydrogen) atoms. The molecule has 1 nitrogen and oxygen atoms in total. The lowest BCUT2D eigenvalue weighted by atomic mass is 10.1. The maximum absolute atomic E-state index is 10.5. The van der Waals surface area contributed by atoms with Gasteiger partial charge in [-0.3, -0.25) is 4.79 Å². The molecule has 0 saturated heterocycles. The number of hydrogen-bond acceptors (Lipinski definition) is 1. The minimum atomic E-state index is 0. The molecule has 0 bridgehead atoms.